The molecule has 2 aromatic heterocycles. The van der Waals surface area contributed by atoms with Crippen LogP contribution in [-0.4, -0.2) is 47.5 Å². The number of hydrogen-bond acceptors (Lipinski definition) is 10. The van der Waals surface area contributed by atoms with Gasteiger partial charge in [0.15, 0.2) is 0 Å². The lowest BCUT2D eigenvalue weighted by atomic mass is 9.81. The third-order valence-electron chi connectivity index (χ3n) is 6.52. The van der Waals surface area contributed by atoms with Crippen molar-refractivity contribution in [3.8, 4) is 24.3 Å². The largest absolute Gasteiger partial charge is 0.277 e. The Morgan fingerprint density at radius 1 is 0.528 bits per heavy atom. The quantitative estimate of drug-likeness (QED) is 0.327. The smallest absolute Gasteiger partial charge is 0.262 e. The summed E-state index contributed by atoms with van der Waals surface area (Å²) >= 11 is 1.68. The number of hydrogen-bond donors (Lipinski definition) is 0. The van der Waals surface area contributed by atoms with E-state index in [2.05, 4.69) is 0 Å². The molecule has 2 aliphatic heterocycles. The normalized spacial score (nSPS) is 14.4. The molecule has 12 heteroatoms. The first-order valence-electron chi connectivity index (χ1n) is 10.1. The molecule has 0 spiro atoms. The summed E-state index contributed by atoms with van der Waals surface area (Å²) in [7, 11) is 2.50. The summed E-state index contributed by atoms with van der Waals surface area (Å²) in [6, 6.07) is 7.74. The molecule has 0 aliphatic carbocycles. The Bertz CT molecular complexity index is 1910. The van der Waals surface area contributed by atoms with Crippen LogP contribution in [0.2, 0.25) is 0 Å². The Morgan fingerprint density at radius 2 is 0.861 bits per heavy atom. The van der Waals surface area contributed by atoms with Crippen molar-refractivity contribution in [1.29, 1.82) is 21.0 Å². The zero-order chi connectivity index (χ0) is 25.8. The second-order valence-corrected chi connectivity index (χ2v) is 10.1. The molecule has 0 unspecified atom stereocenters. The van der Waals surface area contributed by atoms with Gasteiger partial charge in [-0.2, -0.15) is 21.0 Å². The molecule has 168 valence electrons. The Balaban J connectivity index is 2.12. The van der Waals surface area contributed by atoms with Gasteiger partial charge in [0.2, 0.25) is 0 Å². The molecule has 0 bridgehead atoms. The predicted octanol–water partition coefficient (Wildman–Crippen LogP) is 3.21. The lowest BCUT2D eigenvalue weighted by Gasteiger charge is -2.31. The molecule has 4 heterocycles. The Kier molecular flexibility index (Phi) is 3.99. The third-order valence-corrected chi connectivity index (χ3v) is 8.75. The van der Waals surface area contributed by atoms with Gasteiger partial charge in [0.05, 0.1) is 42.8 Å². The SMILES string of the molecule is CN1C(=O)c2c3sc(C#N)c(C#N)c3c3c4c(c5sc(C#N)c(C#N)c5c(c24)C1=O)C(=O)N(C)C3=O. The summed E-state index contributed by atoms with van der Waals surface area (Å²) in [4.78, 5) is 55.6. The number of amides is 4. The van der Waals surface area contributed by atoms with Gasteiger partial charge < -0.3 is 0 Å². The lowest BCUT2D eigenvalue weighted by molar-refractivity contribution is 0.0633. The highest BCUT2D eigenvalue weighted by molar-refractivity contribution is 7.21. The molecule has 36 heavy (non-hydrogen) atoms. The van der Waals surface area contributed by atoms with Gasteiger partial charge in [-0.3, -0.25) is 29.0 Å². The summed E-state index contributed by atoms with van der Waals surface area (Å²) in [5, 5.41) is 39.2. The minimum Gasteiger partial charge on any atom is -0.277 e. The van der Waals surface area contributed by atoms with Gasteiger partial charge in [0.1, 0.15) is 34.0 Å². The van der Waals surface area contributed by atoms with Gasteiger partial charge in [-0.15, -0.1) is 22.7 Å². The molecule has 10 nitrogen and oxygen atoms in total. The molecular formula is C24H6N6O4S2. The number of nitrogens with zero attached hydrogens (tertiary/aromatic N) is 6. The third kappa shape index (κ3) is 2.12. The number of carbonyl (C=O) groups is 4. The van der Waals surface area contributed by atoms with Crippen LogP contribution in [0.25, 0.3) is 30.9 Å². The van der Waals surface area contributed by atoms with Crippen LogP contribution >= 0.6 is 22.7 Å². The molecule has 0 radical (unpaired) electrons. The zero-order valence-electron chi connectivity index (χ0n) is 18.1. The number of rotatable bonds is 0. The van der Waals surface area contributed by atoms with E-state index in [1.807, 2.05) is 24.3 Å². The van der Waals surface area contributed by atoms with Crippen LogP contribution in [0.5, 0.6) is 0 Å². The van der Waals surface area contributed by atoms with Gasteiger partial charge in [-0.1, -0.05) is 0 Å². The molecule has 0 N–H and O–H groups in total. The van der Waals surface area contributed by atoms with E-state index in [0.29, 0.717) is 0 Å². The van der Waals surface area contributed by atoms with Crippen molar-refractivity contribution in [2.45, 2.75) is 0 Å². The van der Waals surface area contributed by atoms with Gasteiger partial charge in [-0.25, -0.2) is 0 Å². The summed E-state index contributed by atoms with van der Waals surface area (Å²) < 4.78 is 0.318. The average molecular weight is 506 g/mol. The van der Waals surface area contributed by atoms with Crippen LogP contribution in [0.4, 0.5) is 0 Å². The average Bonchev–Trinajstić information content (AvgIpc) is 3.44. The molecule has 6 rings (SSSR count). The maximum atomic E-state index is 13.5. The van der Waals surface area contributed by atoms with Crippen molar-refractivity contribution >= 4 is 77.2 Å². The number of imide groups is 2. The Morgan fingerprint density at radius 3 is 1.17 bits per heavy atom. The maximum Gasteiger partial charge on any atom is 0.262 e. The second kappa shape index (κ2) is 6.71. The van der Waals surface area contributed by atoms with Crippen molar-refractivity contribution in [3.05, 3.63) is 43.1 Å². The molecule has 0 atom stereocenters. The topological polar surface area (TPSA) is 170 Å². The number of nitriles is 4. The van der Waals surface area contributed by atoms with E-state index in [1.165, 1.54) is 14.1 Å². The first-order chi connectivity index (χ1) is 17.2. The minimum absolute atomic E-state index is 0.0110. The first kappa shape index (κ1) is 21.4. The van der Waals surface area contributed by atoms with E-state index >= 15 is 0 Å². The van der Waals surface area contributed by atoms with Crippen molar-refractivity contribution in [2.75, 3.05) is 14.1 Å². The highest BCUT2D eigenvalue weighted by atomic mass is 32.1. The van der Waals surface area contributed by atoms with Crippen LogP contribution in [0.15, 0.2) is 0 Å². The fraction of sp³-hybridized carbons (Fsp3) is 0.0833. The molecule has 2 aliphatic rings. The van der Waals surface area contributed by atoms with Crippen LogP contribution in [0, 0.1) is 45.3 Å². The van der Waals surface area contributed by atoms with E-state index < -0.39 is 23.6 Å². The zero-order valence-corrected chi connectivity index (χ0v) is 19.8. The van der Waals surface area contributed by atoms with Crippen molar-refractivity contribution in [2.24, 2.45) is 0 Å². The van der Waals surface area contributed by atoms with Crippen molar-refractivity contribution in [3.63, 3.8) is 0 Å². The van der Waals surface area contributed by atoms with E-state index in [9.17, 15) is 40.2 Å². The van der Waals surface area contributed by atoms with Crippen LogP contribution in [0.3, 0.4) is 0 Å². The Hall–Kier alpha value is -5.14. The van der Waals surface area contributed by atoms with Crippen LogP contribution in [-0.2, 0) is 0 Å². The standard InChI is InChI=1S/C24H6N6O4S2/c1-29-21(31)15-11-7(3-25)9(5-27)36-20(11)18-14-13(15)17(23(29)33)19-12(8(4-26)10(6-28)35-19)16(14)22(32)30(2)24(18)34/h1-2H3. The summed E-state index contributed by atoms with van der Waals surface area (Å²) in [6.07, 6.45) is 0. The fourth-order valence-corrected chi connectivity index (χ4v) is 7.17. The fourth-order valence-electron chi connectivity index (χ4n) is 4.98. The Labute approximate surface area is 208 Å². The molecule has 4 aromatic rings. The molecule has 2 aromatic carbocycles. The highest BCUT2D eigenvalue weighted by Crippen LogP contribution is 2.51. The molecule has 0 saturated heterocycles. The van der Waals surface area contributed by atoms with Gasteiger partial charge in [0.25, 0.3) is 23.6 Å². The second-order valence-electron chi connectivity index (χ2n) is 8.06. The minimum atomic E-state index is -0.760. The summed E-state index contributed by atoms with van der Waals surface area (Å²) in [6.45, 7) is 0. The monoisotopic (exact) mass is 506 g/mol. The van der Waals surface area contributed by atoms with Gasteiger partial charge in [0, 0.05) is 35.6 Å². The lowest BCUT2D eigenvalue weighted by Crippen LogP contribution is -2.40. The molecule has 0 saturated carbocycles. The number of carbonyl (C=O) groups excluding carboxylic acids is 4. The number of benzene rings is 2. The van der Waals surface area contributed by atoms with Gasteiger partial charge in [-0.05, 0) is 0 Å². The van der Waals surface area contributed by atoms with Crippen molar-refractivity contribution in [1.82, 2.24) is 9.80 Å². The molecule has 0 fully saturated rings. The number of fused-ring (bicyclic) bond motifs is 6. The van der Waals surface area contributed by atoms with E-state index in [4.69, 9.17) is 0 Å². The van der Waals surface area contributed by atoms with Crippen LogP contribution < -0.4 is 0 Å². The van der Waals surface area contributed by atoms with Crippen LogP contribution in [0.1, 0.15) is 62.3 Å². The maximum absolute atomic E-state index is 13.5. The van der Waals surface area contributed by atoms with E-state index in [1.54, 1.807) is 0 Å². The van der Waals surface area contributed by atoms with Crippen molar-refractivity contribution < 1.29 is 19.2 Å². The molecular weight excluding hydrogens is 500 g/mol. The van der Waals surface area contributed by atoms with E-state index in [-0.39, 0.29) is 74.1 Å². The molecule has 4 amide bonds. The van der Waals surface area contributed by atoms with E-state index in [0.717, 1.165) is 32.5 Å². The number of thiophene rings is 2. The predicted molar refractivity (Wildman–Crippen MR) is 126 cm³/mol. The van der Waals surface area contributed by atoms with Gasteiger partial charge >= 0.3 is 0 Å². The summed E-state index contributed by atoms with van der Waals surface area (Å²) in [5.41, 5.74) is -0.439. The first-order valence-corrected chi connectivity index (χ1v) is 11.7. The highest BCUT2D eigenvalue weighted by Gasteiger charge is 2.44. The summed E-state index contributed by atoms with van der Waals surface area (Å²) in [5.74, 6) is -3.00.